The van der Waals surface area contributed by atoms with Crippen molar-refractivity contribution in [2.45, 2.75) is 11.3 Å². The molecule has 0 atom stereocenters. The minimum Gasteiger partial charge on any atom is -0.207 e. The number of hydrogen-bond acceptors (Lipinski definition) is 3. The summed E-state index contributed by atoms with van der Waals surface area (Å²) in [7, 11) is -3.57. The van der Waals surface area contributed by atoms with E-state index in [1.165, 1.54) is 16.4 Å². The van der Waals surface area contributed by atoms with Crippen molar-refractivity contribution < 1.29 is 12.8 Å². The highest BCUT2D eigenvalue weighted by atomic mass is 79.9. The quantitative estimate of drug-likeness (QED) is 0.820. The molecule has 18 heavy (non-hydrogen) atoms. The standard InChI is InChI=1S/C11H13BrFNO2S2/c12-10-3-2-9(8-11(10)13)18(15,16)14-4-1-6-17-7-5-14/h2-3,8H,1,4-7H2. The Bertz CT molecular complexity index is 528. The molecule has 1 aliphatic rings. The van der Waals surface area contributed by atoms with E-state index in [4.69, 9.17) is 0 Å². The Hall–Kier alpha value is -0.110. The normalized spacial score (nSPS) is 18.6. The van der Waals surface area contributed by atoms with Crippen LogP contribution in [0.4, 0.5) is 4.39 Å². The first-order valence-corrected chi connectivity index (χ1v) is 8.93. The highest BCUT2D eigenvalue weighted by Gasteiger charge is 2.25. The fourth-order valence-electron chi connectivity index (χ4n) is 1.75. The SMILES string of the molecule is O=S(=O)(c1ccc(Br)c(F)c1)N1CCCSCC1. The van der Waals surface area contributed by atoms with Crippen LogP contribution in [0.1, 0.15) is 6.42 Å². The highest BCUT2D eigenvalue weighted by molar-refractivity contribution is 9.10. The summed E-state index contributed by atoms with van der Waals surface area (Å²) in [6, 6.07) is 3.92. The summed E-state index contributed by atoms with van der Waals surface area (Å²) < 4.78 is 39.8. The van der Waals surface area contributed by atoms with Crippen LogP contribution in [-0.2, 0) is 10.0 Å². The molecule has 0 aliphatic carbocycles. The van der Waals surface area contributed by atoms with Gasteiger partial charge in [-0.1, -0.05) is 0 Å². The van der Waals surface area contributed by atoms with Crippen LogP contribution >= 0.6 is 27.7 Å². The van der Waals surface area contributed by atoms with Crippen molar-refractivity contribution >= 4 is 37.7 Å². The van der Waals surface area contributed by atoms with Gasteiger partial charge in [-0.2, -0.15) is 16.1 Å². The molecule has 0 aromatic heterocycles. The first kappa shape index (κ1) is 14.3. The average Bonchev–Trinajstić information content (AvgIpc) is 2.61. The molecule has 0 N–H and O–H groups in total. The van der Waals surface area contributed by atoms with Gasteiger partial charge in [0.2, 0.25) is 10.0 Å². The summed E-state index contributed by atoms with van der Waals surface area (Å²) in [6.07, 6.45) is 0.836. The van der Waals surface area contributed by atoms with Gasteiger partial charge in [0.1, 0.15) is 5.82 Å². The molecular formula is C11H13BrFNO2S2. The van der Waals surface area contributed by atoms with Gasteiger partial charge >= 0.3 is 0 Å². The number of thioether (sulfide) groups is 1. The van der Waals surface area contributed by atoms with Gasteiger partial charge in [-0.15, -0.1) is 0 Å². The van der Waals surface area contributed by atoms with Crippen molar-refractivity contribution in [3.05, 3.63) is 28.5 Å². The molecule has 0 amide bonds. The largest absolute Gasteiger partial charge is 0.243 e. The Balaban J connectivity index is 2.31. The van der Waals surface area contributed by atoms with Crippen LogP contribution in [0.2, 0.25) is 0 Å². The summed E-state index contributed by atoms with van der Waals surface area (Å²) in [5.74, 6) is 1.21. The van der Waals surface area contributed by atoms with Crippen LogP contribution in [0, 0.1) is 5.82 Å². The van der Waals surface area contributed by atoms with Crippen molar-refractivity contribution in [2.24, 2.45) is 0 Å². The number of halogens is 2. The van der Waals surface area contributed by atoms with Crippen LogP contribution in [0.3, 0.4) is 0 Å². The molecule has 3 nitrogen and oxygen atoms in total. The molecule has 100 valence electrons. The molecule has 1 aromatic carbocycles. The lowest BCUT2D eigenvalue weighted by Crippen LogP contribution is -2.33. The van der Waals surface area contributed by atoms with Crippen molar-refractivity contribution in [2.75, 3.05) is 24.6 Å². The van der Waals surface area contributed by atoms with E-state index in [0.717, 1.165) is 24.0 Å². The Morgan fingerprint density at radius 2 is 2.06 bits per heavy atom. The van der Waals surface area contributed by atoms with Gasteiger partial charge in [-0.05, 0) is 46.3 Å². The topological polar surface area (TPSA) is 37.4 Å². The average molecular weight is 354 g/mol. The Morgan fingerprint density at radius 1 is 1.28 bits per heavy atom. The van der Waals surface area contributed by atoms with E-state index in [1.807, 2.05) is 0 Å². The van der Waals surface area contributed by atoms with E-state index in [1.54, 1.807) is 11.8 Å². The van der Waals surface area contributed by atoms with Gasteiger partial charge in [-0.3, -0.25) is 0 Å². The minimum absolute atomic E-state index is 0.0232. The molecular weight excluding hydrogens is 341 g/mol. The summed E-state index contributed by atoms with van der Waals surface area (Å²) >= 11 is 4.77. The van der Waals surface area contributed by atoms with Gasteiger partial charge in [0.05, 0.1) is 9.37 Å². The highest BCUT2D eigenvalue weighted by Crippen LogP contribution is 2.23. The van der Waals surface area contributed by atoms with Gasteiger partial charge < -0.3 is 0 Å². The van der Waals surface area contributed by atoms with Crippen LogP contribution < -0.4 is 0 Å². The Morgan fingerprint density at radius 3 is 2.78 bits per heavy atom. The molecule has 1 aromatic rings. The Labute approximate surface area is 119 Å². The molecule has 0 radical (unpaired) electrons. The van der Waals surface area contributed by atoms with Crippen molar-refractivity contribution in [3.63, 3.8) is 0 Å². The first-order chi connectivity index (χ1) is 8.51. The van der Waals surface area contributed by atoms with E-state index in [9.17, 15) is 12.8 Å². The molecule has 1 fully saturated rings. The maximum Gasteiger partial charge on any atom is 0.243 e. The molecule has 0 bridgehead atoms. The van der Waals surface area contributed by atoms with E-state index in [2.05, 4.69) is 15.9 Å². The van der Waals surface area contributed by atoms with Crippen LogP contribution in [0.25, 0.3) is 0 Å². The molecule has 7 heteroatoms. The summed E-state index contributed by atoms with van der Waals surface area (Å²) in [6.45, 7) is 0.998. The molecule has 0 unspecified atom stereocenters. The zero-order valence-electron chi connectivity index (χ0n) is 9.60. The molecule has 0 spiro atoms. The van der Waals surface area contributed by atoms with Gasteiger partial charge in [0.15, 0.2) is 0 Å². The van der Waals surface area contributed by atoms with E-state index in [0.29, 0.717) is 13.1 Å². The van der Waals surface area contributed by atoms with E-state index >= 15 is 0 Å². The van der Waals surface area contributed by atoms with Crippen molar-refractivity contribution in [1.82, 2.24) is 4.31 Å². The second-order valence-corrected chi connectivity index (χ2v) is 7.96. The third-order valence-corrected chi connectivity index (χ3v) is 6.30. The lowest BCUT2D eigenvalue weighted by Gasteiger charge is -2.19. The lowest BCUT2D eigenvalue weighted by atomic mass is 10.3. The van der Waals surface area contributed by atoms with E-state index in [-0.39, 0.29) is 9.37 Å². The molecule has 0 saturated carbocycles. The lowest BCUT2D eigenvalue weighted by molar-refractivity contribution is 0.434. The number of rotatable bonds is 2. The Kier molecular flexibility index (Phi) is 4.69. The van der Waals surface area contributed by atoms with Gasteiger partial charge in [0.25, 0.3) is 0 Å². The maximum absolute atomic E-state index is 13.4. The number of sulfonamides is 1. The number of nitrogens with zero attached hydrogens (tertiary/aromatic N) is 1. The van der Waals surface area contributed by atoms with Crippen molar-refractivity contribution in [3.8, 4) is 0 Å². The monoisotopic (exact) mass is 353 g/mol. The summed E-state index contributed by atoms with van der Waals surface area (Å²) in [5.41, 5.74) is 0. The second kappa shape index (κ2) is 5.90. The van der Waals surface area contributed by atoms with Crippen LogP contribution in [-0.4, -0.2) is 37.3 Å². The van der Waals surface area contributed by atoms with Crippen molar-refractivity contribution in [1.29, 1.82) is 0 Å². The zero-order valence-corrected chi connectivity index (χ0v) is 12.8. The fourth-order valence-corrected chi connectivity index (χ4v) is 4.49. The number of benzene rings is 1. The third kappa shape index (κ3) is 3.07. The second-order valence-electron chi connectivity index (χ2n) is 3.95. The smallest absolute Gasteiger partial charge is 0.207 e. The predicted molar refractivity (Wildman–Crippen MR) is 74.8 cm³/mol. The van der Waals surface area contributed by atoms with Crippen LogP contribution in [0.5, 0.6) is 0 Å². The molecule has 1 aliphatic heterocycles. The van der Waals surface area contributed by atoms with Crippen LogP contribution in [0.15, 0.2) is 27.6 Å². The van der Waals surface area contributed by atoms with Gasteiger partial charge in [-0.25, -0.2) is 12.8 Å². The predicted octanol–water partition coefficient (Wildman–Crippen LogP) is 2.72. The van der Waals surface area contributed by atoms with Gasteiger partial charge in [0, 0.05) is 18.8 Å². The van der Waals surface area contributed by atoms with E-state index < -0.39 is 15.8 Å². The summed E-state index contributed by atoms with van der Waals surface area (Å²) in [4.78, 5) is 0.0232. The summed E-state index contributed by atoms with van der Waals surface area (Å²) in [5, 5.41) is 0. The molecule has 1 heterocycles. The first-order valence-electron chi connectivity index (χ1n) is 5.55. The third-order valence-electron chi connectivity index (χ3n) is 2.71. The fraction of sp³-hybridized carbons (Fsp3) is 0.455. The minimum atomic E-state index is -3.57. The molecule has 1 saturated heterocycles. The maximum atomic E-state index is 13.4. The number of hydrogen-bond donors (Lipinski definition) is 0. The molecule has 2 rings (SSSR count). The zero-order chi connectivity index (χ0) is 13.2.